The van der Waals surface area contributed by atoms with E-state index in [1.165, 1.54) is 0 Å². The quantitative estimate of drug-likeness (QED) is 0.778. The predicted octanol–water partition coefficient (Wildman–Crippen LogP) is 0.499. The molecule has 1 heterocycles. The molecule has 1 rings (SSSR count). The van der Waals surface area contributed by atoms with E-state index < -0.39 is 0 Å². The lowest BCUT2D eigenvalue weighted by atomic mass is 10.2. The lowest BCUT2D eigenvalue weighted by Crippen LogP contribution is -2.13. The van der Waals surface area contributed by atoms with Crippen molar-refractivity contribution in [1.29, 1.82) is 0 Å². The van der Waals surface area contributed by atoms with Gasteiger partial charge >= 0.3 is 0 Å². The molecule has 1 N–H and O–H groups in total. The Labute approximate surface area is 84.0 Å². The Kier molecular flexibility index (Phi) is 5.34. The molecule has 5 heteroatoms. The van der Waals surface area contributed by atoms with Gasteiger partial charge in [-0.05, 0) is 6.07 Å². The van der Waals surface area contributed by atoms with E-state index in [1.807, 2.05) is 25.1 Å². The largest absolute Gasteiger partial charge is 0.396 e. The fourth-order valence-electron chi connectivity index (χ4n) is 1.05. The van der Waals surface area contributed by atoms with Crippen molar-refractivity contribution in [3.05, 3.63) is 18.0 Å². The summed E-state index contributed by atoms with van der Waals surface area (Å²) < 4.78 is 0. The number of hydrogen-bond donors (Lipinski definition) is 1. The highest BCUT2D eigenvalue weighted by molar-refractivity contribution is 5.85. The molecule has 13 heavy (non-hydrogen) atoms. The highest BCUT2D eigenvalue weighted by Crippen LogP contribution is 2.13. The third-order valence-electron chi connectivity index (χ3n) is 1.60. The molecule has 0 aliphatic carbocycles. The molecule has 0 fully saturated rings. The average Bonchev–Trinajstić information content (AvgIpc) is 2.05. The summed E-state index contributed by atoms with van der Waals surface area (Å²) in [6, 6.07) is 1.89. The number of hydrogen-bond acceptors (Lipinski definition) is 4. The van der Waals surface area contributed by atoms with Gasteiger partial charge in [-0.15, -0.1) is 12.4 Å². The van der Waals surface area contributed by atoms with Crippen molar-refractivity contribution in [2.75, 3.05) is 25.6 Å². The average molecular weight is 204 g/mol. The third kappa shape index (κ3) is 3.16. The smallest absolute Gasteiger partial charge is 0.0886 e. The van der Waals surface area contributed by atoms with Gasteiger partial charge < -0.3 is 10.0 Å². The molecule has 0 aliphatic rings. The van der Waals surface area contributed by atoms with Crippen molar-refractivity contribution in [2.45, 2.75) is 6.42 Å². The summed E-state index contributed by atoms with van der Waals surface area (Å²) in [6.07, 6.45) is 2.21. The Morgan fingerprint density at radius 1 is 1.46 bits per heavy atom. The van der Waals surface area contributed by atoms with E-state index in [0.717, 1.165) is 11.4 Å². The van der Waals surface area contributed by atoms with Crippen LogP contribution in [-0.2, 0) is 6.42 Å². The first-order valence-corrected chi connectivity index (χ1v) is 3.84. The normalized spacial score (nSPS) is 9.15. The topological polar surface area (TPSA) is 49.2 Å². The van der Waals surface area contributed by atoms with E-state index in [0.29, 0.717) is 6.42 Å². The first kappa shape index (κ1) is 12.1. The standard InChI is InChI=1S/C8H13N3O.ClH/c1-11(2)8-3-5-9-10-7(8)4-6-12;/h3,5,12H,4,6H2,1-2H3;1H. The van der Waals surface area contributed by atoms with Crippen molar-refractivity contribution in [2.24, 2.45) is 0 Å². The maximum atomic E-state index is 8.74. The monoisotopic (exact) mass is 203 g/mol. The summed E-state index contributed by atoms with van der Waals surface area (Å²) in [6.45, 7) is 0.111. The summed E-state index contributed by atoms with van der Waals surface area (Å²) in [5.74, 6) is 0. The molecule has 0 atom stereocenters. The van der Waals surface area contributed by atoms with Gasteiger partial charge in [-0.2, -0.15) is 10.2 Å². The van der Waals surface area contributed by atoms with Crippen molar-refractivity contribution in [3.8, 4) is 0 Å². The van der Waals surface area contributed by atoms with Gasteiger partial charge in [-0.1, -0.05) is 0 Å². The predicted molar refractivity (Wildman–Crippen MR) is 54.4 cm³/mol. The Morgan fingerprint density at radius 3 is 2.69 bits per heavy atom. The summed E-state index contributed by atoms with van der Waals surface area (Å²) >= 11 is 0. The minimum atomic E-state index is 0. The van der Waals surface area contributed by atoms with Crippen molar-refractivity contribution in [1.82, 2.24) is 10.2 Å². The summed E-state index contributed by atoms with van der Waals surface area (Å²) in [4.78, 5) is 1.96. The zero-order valence-electron chi connectivity index (χ0n) is 7.77. The number of aromatic nitrogens is 2. The number of halogens is 1. The zero-order valence-corrected chi connectivity index (χ0v) is 8.58. The second-order valence-corrected chi connectivity index (χ2v) is 2.73. The lowest BCUT2D eigenvalue weighted by Gasteiger charge is -2.14. The van der Waals surface area contributed by atoms with Crippen molar-refractivity contribution >= 4 is 18.1 Å². The molecular formula is C8H14ClN3O. The van der Waals surface area contributed by atoms with Crippen LogP contribution in [0.2, 0.25) is 0 Å². The van der Waals surface area contributed by atoms with E-state index in [9.17, 15) is 0 Å². The number of aliphatic hydroxyl groups is 1. The highest BCUT2D eigenvalue weighted by atomic mass is 35.5. The van der Waals surface area contributed by atoms with Crippen LogP contribution >= 0.6 is 12.4 Å². The minimum Gasteiger partial charge on any atom is -0.396 e. The maximum absolute atomic E-state index is 8.74. The molecule has 1 aromatic rings. The number of rotatable bonds is 3. The van der Waals surface area contributed by atoms with Crippen LogP contribution in [0.15, 0.2) is 12.3 Å². The SMILES string of the molecule is CN(C)c1ccnnc1CCO.Cl. The van der Waals surface area contributed by atoms with Crippen LogP contribution in [0.5, 0.6) is 0 Å². The number of aliphatic hydroxyl groups excluding tert-OH is 1. The summed E-state index contributed by atoms with van der Waals surface area (Å²) in [5, 5.41) is 16.4. The Hall–Kier alpha value is -0.870. The molecule has 0 unspecified atom stereocenters. The fourth-order valence-corrected chi connectivity index (χ4v) is 1.05. The molecule has 1 aromatic heterocycles. The third-order valence-corrected chi connectivity index (χ3v) is 1.60. The maximum Gasteiger partial charge on any atom is 0.0886 e. The van der Waals surface area contributed by atoms with Crippen LogP contribution in [0.4, 0.5) is 5.69 Å². The van der Waals surface area contributed by atoms with E-state index >= 15 is 0 Å². The molecule has 0 aromatic carbocycles. The molecule has 74 valence electrons. The molecule has 4 nitrogen and oxygen atoms in total. The van der Waals surface area contributed by atoms with Crippen LogP contribution in [0.3, 0.4) is 0 Å². The summed E-state index contributed by atoms with van der Waals surface area (Å²) in [5.41, 5.74) is 1.85. The molecular weight excluding hydrogens is 190 g/mol. The molecule has 0 radical (unpaired) electrons. The van der Waals surface area contributed by atoms with Crippen LogP contribution in [0, 0.1) is 0 Å². The molecule has 0 bridgehead atoms. The molecule has 0 spiro atoms. The fraction of sp³-hybridized carbons (Fsp3) is 0.500. The van der Waals surface area contributed by atoms with Gasteiger partial charge in [0.25, 0.3) is 0 Å². The Morgan fingerprint density at radius 2 is 2.15 bits per heavy atom. The first-order valence-electron chi connectivity index (χ1n) is 3.84. The van der Waals surface area contributed by atoms with Gasteiger partial charge in [0, 0.05) is 27.1 Å². The zero-order chi connectivity index (χ0) is 8.97. The van der Waals surface area contributed by atoms with Crippen molar-refractivity contribution in [3.63, 3.8) is 0 Å². The van der Waals surface area contributed by atoms with Gasteiger partial charge in [-0.3, -0.25) is 0 Å². The Bertz CT molecular complexity index is 255. The van der Waals surface area contributed by atoms with Gasteiger partial charge in [-0.25, -0.2) is 0 Å². The van der Waals surface area contributed by atoms with Crippen LogP contribution in [0.1, 0.15) is 5.69 Å². The van der Waals surface area contributed by atoms with Gasteiger partial charge in [0.1, 0.15) is 0 Å². The van der Waals surface area contributed by atoms with E-state index in [-0.39, 0.29) is 19.0 Å². The Balaban J connectivity index is 0.00000144. The summed E-state index contributed by atoms with van der Waals surface area (Å²) in [7, 11) is 3.88. The molecule has 0 amide bonds. The van der Waals surface area contributed by atoms with Gasteiger partial charge in [0.15, 0.2) is 0 Å². The minimum absolute atomic E-state index is 0. The second kappa shape index (κ2) is 5.72. The van der Waals surface area contributed by atoms with Crippen molar-refractivity contribution < 1.29 is 5.11 Å². The van der Waals surface area contributed by atoms with Gasteiger partial charge in [0.2, 0.25) is 0 Å². The van der Waals surface area contributed by atoms with Gasteiger partial charge in [0.05, 0.1) is 17.6 Å². The van der Waals surface area contributed by atoms with E-state index in [4.69, 9.17) is 5.11 Å². The molecule has 0 saturated heterocycles. The number of nitrogens with zero attached hydrogens (tertiary/aromatic N) is 3. The molecule has 0 aliphatic heterocycles. The molecule has 0 saturated carbocycles. The number of anilines is 1. The highest BCUT2D eigenvalue weighted by Gasteiger charge is 2.04. The van der Waals surface area contributed by atoms with E-state index in [2.05, 4.69) is 10.2 Å². The van der Waals surface area contributed by atoms with Crippen LogP contribution in [0.25, 0.3) is 0 Å². The van der Waals surface area contributed by atoms with Crippen LogP contribution in [-0.4, -0.2) is 36.0 Å². The van der Waals surface area contributed by atoms with Crippen LogP contribution < -0.4 is 4.90 Å². The van der Waals surface area contributed by atoms with E-state index in [1.54, 1.807) is 6.20 Å². The second-order valence-electron chi connectivity index (χ2n) is 2.73. The first-order chi connectivity index (χ1) is 5.75. The lowest BCUT2D eigenvalue weighted by molar-refractivity contribution is 0.298.